The minimum Gasteiger partial charge on any atom is -0.496 e. The summed E-state index contributed by atoms with van der Waals surface area (Å²) in [5, 5.41) is 12.6. The van der Waals surface area contributed by atoms with Crippen LogP contribution in [0.25, 0.3) is 16.9 Å². The molecule has 36 heavy (non-hydrogen) atoms. The number of hydrogen-bond donors (Lipinski definition) is 1. The Morgan fingerprint density at radius 3 is 2.58 bits per heavy atom. The third-order valence-corrected chi connectivity index (χ3v) is 6.58. The van der Waals surface area contributed by atoms with Crippen molar-refractivity contribution in [3.05, 3.63) is 47.8 Å². The lowest BCUT2D eigenvalue weighted by atomic mass is 9.75. The van der Waals surface area contributed by atoms with Crippen LogP contribution in [-0.4, -0.2) is 59.0 Å². The van der Waals surface area contributed by atoms with Gasteiger partial charge in [0.25, 0.3) is 5.91 Å². The van der Waals surface area contributed by atoms with Crippen molar-refractivity contribution in [1.29, 1.82) is 5.26 Å². The summed E-state index contributed by atoms with van der Waals surface area (Å²) in [4.78, 5) is 30.4. The summed E-state index contributed by atoms with van der Waals surface area (Å²) >= 11 is 0. The Labute approximate surface area is 205 Å². The Morgan fingerprint density at radius 1 is 1.25 bits per heavy atom. The van der Waals surface area contributed by atoms with Crippen LogP contribution in [0.5, 0.6) is 11.5 Å². The van der Waals surface area contributed by atoms with Crippen LogP contribution in [-0.2, 0) is 10.2 Å². The predicted octanol–water partition coefficient (Wildman–Crippen LogP) is 3.13. The number of carbonyl (C=O) groups excluding carboxylic acids is 2. The fraction of sp³-hybridized carbons (Fsp3) is 0.360. The Morgan fingerprint density at radius 2 is 1.97 bits per heavy atom. The molecule has 9 nitrogen and oxygen atoms in total. The second-order valence-corrected chi connectivity index (χ2v) is 9.03. The number of methoxy groups -OCH3 is 1. The first-order chi connectivity index (χ1) is 17.2. The van der Waals surface area contributed by atoms with Crippen LogP contribution in [0, 0.1) is 11.3 Å². The fourth-order valence-corrected chi connectivity index (χ4v) is 4.43. The summed E-state index contributed by atoms with van der Waals surface area (Å²) in [6.07, 6.45) is 4.96. The van der Waals surface area contributed by atoms with Gasteiger partial charge in [-0.05, 0) is 42.7 Å². The minimum atomic E-state index is -3.14. The lowest BCUT2D eigenvalue weighted by molar-refractivity contribution is -0.134. The Balaban J connectivity index is 1.54. The van der Waals surface area contributed by atoms with Gasteiger partial charge in [-0.1, -0.05) is 0 Å². The van der Waals surface area contributed by atoms with Crippen LogP contribution in [0.2, 0.25) is 0 Å². The van der Waals surface area contributed by atoms with Crippen molar-refractivity contribution in [2.24, 2.45) is 0 Å². The minimum absolute atomic E-state index is 0.0177. The first-order valence-electron chi connectivity index (χ1n) is 11.4. The van der Waals surface area contributed by atoms with Crippen LogP contribution < -0.4 is 14.8 Å². The number of rotatable bonds is 7. The summed E-state index contributed by atoms with van der Waals surface area (Å²) in [6, 6.07) is 8.83. The molecule has 11 heteroatoms. The van der Waals surface area contributed by atoms with Gasteiger partial charge in [0, 0.05) is 37.8 Å². The summed E-state index contributed by atoms with van der Waals surface area (Å²) in [6.45, 7) is -1.06. The van der Waals surface area contributed by atoms with E-state index in [-0.39, 0.29) is 29.0 Å². The van der Waals surface area contributed by atoms with E-state index >= 15 is 0 Å². The first-order valence-corrected chi connectivity index (χ1v) is 11.4. The first kappa shape index (κ1) is 23.5. The molecular formula is C25H23F2N5O4. The molecule has 1 aromatic carbocycles. The maximum Gasteiger partial charge on any atom is 0.387 e. The molecule has 3 aromatic rings. The van der Waals surface area contributed by atoms with Gasteiger partial charge in [-0.3, -0.25) is 14.0 Å². The molecule has 186 valence electrons. The van der Waals surface area contributed by atoms with Crippen LogP contribution >= 0.6 is 0 Å². The molecule has 3 heterocycles. The van der Waals surface area contributed by atoms with Crippen molar-refractivity contribution in [2.45, 2.75) is 37.8 Å². The Kier molecular flexibility index (Phi) is 5.74. The number of likely N-dealkylation sites (tertiary alicyclic amines) is 1. The largest absolute Gasteiger partial charge is 0.496 e. The number of aromatic nitrogens is 2. The number of amides is 2. The lowest BCUT2D eigenvalue weighted by Crippen LogP contribution is -2.60. The lowest BCUT2D eigenvalue weighted by Gasteiger charge is -2.45. The molecule has 2 aromatic heterocycles. The molecule has 0 radical (unpaired) electrons. The second-order valence-electron chi connectivity index (χ2n) is 9.03. The highest BCUT2D eigenvalue weighted by Gasteiger charge is 2.46. The van der Waals surface area contributed by atoms with Crippen molar-refractivity contribution < 1.29 is 27.8 Å². The maximum atomic E-state index is 13.2. The number of carbonyl (C=O) groups is 2. The van der Waals surface area contributed by atoms with Gasteiger partial charge in [0.1, 0.15) is 28.1 Å². The molecule has 0 bridgehead atoms. The zero-order valence-corrected chi connectivity index (χ0v) is 19.6. The third-order valence-electron chi connectivity index (χ3n) is 6.58. The zero-order valence-electron chi connectivity index (χ0n) is 19.6. The molecule has 2 aliphatic rings. The Hall–Kier alpha value is -4.20. The molecule has 2 fully saturated rings. The SMILES string of the molecule is COc1cc(-c2cnc3cc(C4(C#N)CN(C(C)=O)C4)ccn23)cc(OC(F)F)c1C(=O)NC1CC1. The molecule has 1 saturated carbocycles. The summed E-state index contributed by atoms with van der Waals surface area (Å²) < 4.78 is 38.3. The van der Waals surface area contributed by atoms with E-state index < -0.39 is 17.9 Å². The number of fused-ring (bicyclic) bond motifs is 1. The van der Waals surface area contributed by atoms with Gasteiger partial charge in [0.05, 0.1) is 25.1 Å². The van der Waals surface area contributed by atoms with Crippen LogP contribution in [0.4, 0.5) is 8.78 Å². The summed E-state index contributed by atoms with van der Waals surface area (Å²) in [5.41, 5.74) is 1.36. The van der Waals surface area contributed by atoms with Crippen LogP contribution in [0.15, 0.2) is 36.7 Å². The highest BCUT2D eigenvalue weighted by atomic mass is 19.3. The van der Waals surface area contributed by atoms with Gasteiger partial charge in [-0.25, -0.2) is 4.98 Å². The summed E-state index contributed by atoms with van der Waals surface area (Å²) in [7, 11) is 1.35. The maximum absolute atomic E-state index is 13.2. The molecule has 0 spiro atoms. The number of ether oxygens (including phenoxy) is 2. The number of nitriles is 1. The Bertz CT molecular complexity index is 1400. The number of imidazole rings is 1. The average Bonchev–Trinajstić information content (AvgIpc) is 3.52. The molecule has 1 saturated heterocycles. The number of hydrogen-bond acceptors (Lipinski definition) is 6. The highest BCUT2D eigenvalue weighted by molar-refractivity contribution is 6.01. The number of alkyl halides is 2. The van der Waals surface area contributed by atoms with Crippen molar-refractivity contribution in [1.82, 2.24) is 19.6 Å². The van der Waals surface area contributed by atoms with Crippen molar-refractivity contribution in [2.75, 3.05) is 20.2 Å². The average molecular weight is 495 g/mol. The standard InChI is InChI=1S/C25H23F2N5O4/c1-14(33)31-12-25(11-28,13-31)16-5-6-32-18(10-29-21(32)9-16)15-7-19(35-2)22(20(8-15)36-24(26)27)23(34)30-17-3-4-17/h5-10,17,24H,3-4,12-13H2,1-2H3,(H,30,34). The highest BCUT2D eigenvalue weighted by Crippen LogP contribution is 2.38. The topological polar surface area (TPSA) is 109 Å². The summed E-state index contributed by atoms with van der Waals surface area (Å²) in [5.74, 6) is -0.835. The number of pyridine rings is 1. The molecular weight excluding hydrogens is 472 g/mol. The van der Waals surface area contributed by atoms with Gasteiger partial charge < -0.3 is 19.7 Å². The number of benzene rings is 1. The molecule has 5 rings (SSSR count). The molecule has 1 N–H and O–H groups in total. The van der Waals surface area contributed by atoms with E-state index in [4.69, 9.17) is 9.47 Å². The zero-order chi connectivity index (χ0) is 25.6. The fourth-order valence-electron chi connectivity index (χ4n) is 4.43. The third kappa shape index (κ3) is 4.08. The van der Waals surface area contributed by atoms with Crippen molar-refractivity contribution >= 4 is 17.5 Å². The van der Waals surface area contributed by atoms with E-state index in [1.165, 1.54) is 20.1 Å². The molecule has 2 amide bonds. The molecule has 0 atom stereocenters. The van der Waals surface area contributed by atoms with E-state index in [0.29, 0.717) is 30.0 Å². The van der Waals surface area contributed by atoms with E-state index in [9.17, 15) is 23.6 Å². The van der Waals surface area contributed by atoms with Gasteiger partial charge in [-0.15, -0.1) is 0 Å². The van der Waals surface area contributed by atoms with E-state index in [2.05, 4.69) is 16.4 Å². The van der Waals surface area contributed by atoms with Gasteiger partial charge in [0.2, 0.25) is 5.91 Å². The number of nitrogens with zero attached hydrogens (tertiary/aromatic N) is 4. The monoisotopic (exact) mass is 495 g/mol. The van der Waals surface area contributed by atoms with E-state index in [1.807, 2.05) is 0 Å². The predicted molar refractivity (Wildman–Crippen MR) is 124 cm³/mol. The van der Waals surface area contributed by atoms with Crippen LogP contribution in [0.1, 0.15) is 35.7 Å². The van der Waals surface area contributed by atoms with Crippen molar-refractivity contribution in [3.63, 3.8) is 0 Å². The molecule has 1 aliphatic heterocycles. The van der Waals surface area contributed by atoms with E-state index in [0.717, 1.165) is 18.4 Å². The van der Waals surface area contributed by atoms with Gasteiger partial charge in [0.15, 0.2) is 0 Å². The smallest absolute Gasteiger partial charge is 0.387 e. The van der Waals surface area contributed by atoms with Crippen LogP contribution in [0.3, 0.4) is 0 Å². The van der Waals surface area contributed by atoms with Gasteiger partial charge >= 0.3 is 6.61 Å². The quantitative estimate of drug-likeness (QED) is 0.540. The number of halogens is 2. The van der Waals surface area contributed by atoms with Gasteiger partial charge in [-0.2, -0.15) is 14.0 Å². The second kappa shape index (κ2) is 8.78. The normalized spacial score (nSPS) is 16.4. The van der Waals surface area contributed by atoms with E-state index in [1.54, 1.807) is 39.9 Å². The molecule has 0 unspecified atom stereocenters. The molecule has 1 aliphatic carbocycles. The van der Waals surface area contributed by atoms with Crippen molar-refractivity contribution in [3.8, 4) is 28.8 Å². The number of nitrogens with one attached hydrogen (secondary N) is 1.